The van der Waals surface area contributed by atoms with Gasteiger partial charge in [-0.3, -0.25) is 0 Å². The number of benzene rings is 1. The summed E-state index contributed by atoms with van der Waals surface area (Å²) in [5, 5.41) is 3.59. The van der Waals surface area contributed by atoms with E-state index >= 15 is 0 Å². The van der Waals surface area contributed by atoms with Crippen LogP contribution in [0, 0.1) is 6.92 Å². The van der Waals surface area contributed by atoms with E-state index < -0.39 is 0 Å². The van der Waals surface area contributed by atoms with Gasteiger partial charge in [-0.1, -0.05) is 24.6 Å². The van der Waals surface area contributed by atoms with Gasteiger partial charge in [-0.25, -0.2) is 0 Å². The Bertz CT molecular complexity index is 413. The number of ether oxygens (including phenoxy) is 2. The second-order valence-corrected chi connectivity index (χ2v) is 5.58. The molecule has 1 aromatic carbocycles. The molecule has 1 fully saturated rings. The summed E-state index contributed by atoms with van der Waals surface area (Å²) in [6.45, 7) is 6.14. The lowest BCUT2D eigenvalue weighted by atomic mass is 9.95. The number of methoxy groups -OCH3 is 1. The molecule has 2 unspecified atom stereocenters. The van der Waals surface area contributed by atoms with Crippen LogP contribution in [0.2, 0.25) is 0 Å². The van der Waals surface area contributed by atoms with Crippen LogP contribution < -0.4 is 10.1 Å². The monoisotopic (exact) mass is 277 g/mol. The Morgan fingerprint density at radius 3 is 2.90 bits per heavy atom. The van der Waals surface area contributed by atoms with Crippen LogP contribution in [0.3, 0.4) is 0 Å². The third kappa shape index (κ3) is 3.97. The Balaban J connectivity index is 2.16. The van der Waals surface area contributed by atoms with Crippen LogP contribution in [-0.2, 0) is 4.74 Å². The molecule has 1 saturated heterocycles. The van der Waals surface area contributed by atoms with Crippen LogP contribution in [0.5, 0.6) is 5.75 Å². The molecule has 0 bridgehead atoms. The minimum Gasteiger partial charge on any atom is -0.496 e. The van der Waals surface area contributed by atoms with Crippen LogP contribution in [0.4, 0.5) is 0 Å². The topological polar surface area (TPSA) is 30.5 Å². The predicted molar refractivity (Wildman–Crippen MR) is 82.4 cm³/mol. The van der Waals surface area contributed by atoms with Gasteiger partial charge < -0.3 is 14.8 Å². The van der Waals surface area contributed by atoms with Crippen molar-refractivity contribution >= 4 is 0 Å². The van der Waals surface area contributed by atoms with Crippen molar-refractivity contribution in [1.82, 2.24) is 5.32 Å². The molecule has 2 atom stereocenters. The first-order chi connectivity index (χ1) is 9.74. The van der Waals surface area contributed by atoms with Gasteiger partial charge in [0.25, 0.3) is 0 Å². The molecule has 1 aliphatic rings. The highest BCUT2D eigenvalue weighted by molar-refractivity contribution is 5.39. The van der Waals surface area contributed by atoms with E-state index in [4.69, 9.17) is 9.47 Å². The van der Waals surface area contributed by atoms with E-state index in [0.717, 1.165) is 25.3 Å². The molecule has 112 valence electrons. The highest BCUT2D eigenvalue weighted by Crippen LogP contribution is 2.31. The standard InChI is InChI=1S/C17H27NO2/c1-4-18-16(12-14-7-5-6-10-20-14)15-11-13(2)8-9-17(15)19-3/h8-9,11,14,16,18H,4-7,10,12H2,1-3H3. The maximum Gasteiger partial charge on any atom is 0.123 e. The van der Waals surface area contributed by atoms with Crippen molar-refractivity contribution in [2.24, 2.45) is 0 Å². The van der Waals surface area contributed by atoms with E-state index in [1.54, 1.807) is 7.11 Å². The molecule has 1 heterocycles. The summed E-state index contributed by atoms with van der Waals surface area (Å²) in [4.78, 5) is 0. The smallest absolute Gasteiger partial charge is 0.123 e. The van der Waals surface area contributed by atoms with Gasteiger partial charge in [0.1, 0.15) is 5.75 Å². The zero-order valence-electron chi connectivity index (χ0n) is 12.9. The first kappa shape index (κ1) is 15.3. The van der Waals surface area contributed by atoms with Crippen molar-refractivity contribution in [3.63, 3.8) is 0 Å². The zero-order chi connectivity index (χ0) is 14.4. The summed E-state index contributed by atoms with van der Waals surface area (Å²) in [7, 11) is 1.74. The van der Waals surface area contributed by atoms with E-state index in [1.165, 1.54) is 30.4 Å². The molecular formula is C17H27NO2. The quantitative estimate of drug-likeness (QED) is 0.861. The Kier molecular flexibility index (Phi) is 5.86. The highest BCUT2D eigenvalue weighted by atomic mass is 16.5. The number of nitrogens with one attached hydrogen (secondary N) is 1. The van der Waals surface area contributed by atoms with Crippen molar-refractivity contribution in [2.75, 3.05) is 20.3 Å². The first-order valence-electron chi connectivity index (χ1n) is 7.74. The summed E-state index contributed by atoms with van der Waals surface area (Å²) in [6, 6.07) is 6.70. The number of rotatable bonds is 6. The van der Waals surface area contributed by atoms with Gasteiger partial charge in [0, 0.05) is 18.2 Å². The predicted octanol–water partition coefficient (Wildman–Crippen LogP) is 3.61. The molecule has 3 nitrogen and oxygen atoms in total. The van der Waals surface area contributed by atoms with E-state index in [2.05, 4.69) is 37.4 Å². The normalized spacial score (nSPS) is 20.6. The van der Waals surface area contributed by atoms with Crippen LogP contribution in [0.15, 0.2) is 18.2 Å². The molecule has 0 aliphatic carbocycles. The van der Waals surface area contributed by atoms with Crippen LogP contribution in [0.1, 0.15) is 49.8 Å². The fourth-order valence-electron chi connectivity index (χ4n) is 2.95. The first-order valence-corrected chi connectivity index (χ1v) is 7.74. The molecule has 20 heavy (non-hydrogen) atoms. The molecule has 0 amide bonds. The zero-order valence-corrected chi connectivity index (χ0v) is 12.9. The van der Waals surface area contributed by atoms with Gasteiger partial charge in [0.15, 0.2) is 0 Å². The van der Waals surface area contributed by atoms with Crippen LogP contribution >= 0.6 is 0 Å². The van der Waals surface area contributed by atoms with Gasteiger partial charge in [0.2, 0.25) is 0 Å². The summed E-state index contributed by atoms with van der Waals surface area (Å²) in [6.07, 6.45) is 5.06. The third-order valence-electron chi connectivity index (χ3n) is 3.98. The lowest BCUT2D eigenvalue weighted by Gasteiger charge is -2.28. The second kappa shape index (κ2) is 7.65. The Hall–Kier alpha value is -1.06. The Morgan fingerprint density at radius 2 is 2.25 bits per heavy atom. The minimum atomic E-state index is 0.304. The van der Waals surface area contributed by atoms with Crippen molar-refractivity contribution in [1.29, 1.82) is 0 Å². The Morgan fingerprint density at radius 1 is 1.40 bits per heavy atom. The maximum absolute atomic E-state index is 5.90. The van der Waals surface area contributed by atoms with E-state index in [0.29, 0.717) is 12.1 Å². The average molecular weight is 277 g/mol. The van der Waals surface area contributed by atoms with Gasteiger partial charge >= 0.3 is 0 Å². The molecule has 1 aromatic rings. The summed E-state index contributed by atoms with van der Waals surface area (Å²) < 4.78 is 11.4. The molecular weight excluding hydrogens is 250 g/mol. The van der Waals surface area contributed by atoms with Crippen molar-refractivity contribution < 1.29 is 9.47 Å². The highest BCUT2D eigenvalue weighted by Gasteiger charge is 2.22. The van der Waals surface area contributed by atoms with E-state index in [9.17, 15) is 0 Å². The number of aryl methyl sites for hydroxylation is 1. The molecule has 2 rings (SSSR count). The molecule has 1 aliphatic heterocycles. The molecule has 0 saturated carbocycles. The minimum absolute atomic E-state index is 0.304. The Labute approximate surface area is 122 Å². The molecule has 0 spiro atoms. The summed E-state index contributed by atoms with van der Waals surface area (Å²) in [5.74, 6) is 0.970. The fourth-order valence-corrected chi connectivity index (χ4v) is 2.95. The van der Waals surface area contributed by atoms with Gasteiger partial charge in [-0.15, -0.1) is 0 Å². The summed E-state index contributed by atoms with van der Waals surface area (Å²) in [5.41, 5.74) is 2.52. The van der Waals surface area contributed by atoms with E-state index in [-0.39, 0.29) is 0 Å². The van der Waals surface area contributed by atoms with Crippen LogP contribution in [-0.4, -0.2) is 26.4 Å². The number of hydrogen-bond donors (Lipinski definition) is 1. The molecule has 0 radical (unpaired) electrons. The molecule has 3 heteroatoms. The molecule has 1 N–H and O–H groups in total. The maximum atomic E-state index is 5.90. The van der Waals surface area contributed by atoms with Gasteiger partial charge in [-0.2, -0.15) is 0 Å². The van der Waals surface area contributed by atoms with Crippen molar-refractivity contribution in [3.05, 3.63) is 29.3 Å². The SMILES string of the molecule is CCNC(CC1CCCCO1)c1cc(C)ccc1OC. The van der Waals surface area contributed by atoms with Gasteiger partial charge in [-0.05, 0) is 45.2 Å². The molecule has 0 aromatic heterocycles. The van der Waals surface area contributed by atoms with Gasteiger partial charge in [0.05, 0.1) is 13.2 Å². The fraction of sp³-hybridized carbons (Fsp3) is 0.647. The van der Waals surface area contributed by atoms with E-state index in [1.807, 2.05) is 0 Å². The lowest BCUT2D eigenvalue weighted by Crippen LogP contribution is -2.29. The lowest BCUT2D eigenvalue weighted by molar-refractivity contribution is 0.00501. The second-order valence-electron chi connectivity index (χ2n) is 5.58. The number of hydrogen-bond acceptors (Lipinski definition) is 3. The summed E-state index contributed by atoms with van der Waals surface area (Å²) >= 11 is 0. The van der Waals surface area contributed by atoms with Crippen LogP contribution in [0.25, 0.3) is 0 Å². The third-order valence-corrected chi connectivity index (χ3v) is 3.98. The van der Waals surface area contributed by atoms with Crippen molar-refractivity contribution in [2.45, 2.75) is 51.7 Å². The largest absolute Gasteiger partial charge is 0.496 e. The average Bonchev–Trinajstić information content (AvgIpc) is 2.48. The van der Waals surface area contributed by atoms with Crippen molar-refractivity contribution in [3.8, 4) is 5.75 Å².